The maximum absolute atomic E-state index is 11.9. The molecule has 100 valence electrons. The van der Waals surface area contributed by atoms with Crippen molar-refractivity contribution < 1.29 is 9.53 Å². The van der Waals surface area contributed by atoms with Crippen LogP contribution in [0, 0.1) is 0 Å². The number of hydrogen-bond donors (Lipinski definition) is 1. The van der Waals surface area contributed by atoms with Crippen molar-refractivity contribution in [2.24, 2.45) is 5.73 Å². The molecule has 0 aliphatic heterocycles. The Morgan fingerprint density at radius 3 is 2.00 bits per heavy atom. The van der Waals surface area contributed by atoms with E-state index >= 15 is 0 Å². The number of esters is 1. The van der Waals surface area contributed by atoms with Gasteiger partial charge in [0.15, 0.2) is 0 Å². The van der Waals surface area contributed by atoms with Gasteiger partial charge in [-0.15, -0.1) is 0 Å². The molecule has 0 bridgehead atoms. The highest BCUT2D eigenvalue weighted by Crippen LogP contribution is 2.34. The van der Waals surface area contributed by atoms with E-state index in [0.29, 0.717) is 5.75 Å². The number of fused-ring (bicyclic) bond motifs is 2. The lowest BCUT2D eigenvalue weighted by Crippen LogP contribution is -2.31. The predicted octanol–water partition coefficient (Wildman–Crippen LogP) is 3.25. The third-order valence-electron chi connectivity index (χ3n) is 3.30. The molecule has 0 saturated heterocycles. The summed E-state index contributed by atoms with van der Waals surface area (Å²) in [5.74, 6) is 0.160. The SMILES string of the molecule is C[C@H](N)C(=O)Oc1c2ccccc2cc2ccccc12. The first kappa shape index (κ1) is 12.6. The van der Waals surface area contributed by atoms with Crippen LogP contribution in [0.15, 0.2) is 54.6 Å². The van der Waals surface area contributed by atoms with Crippen LogP contribution in [-0.2, 0) is 4.79 Å². The van der Waals surface area contributed by atoms with Crippen LogP contribution in [0.4, 0.5) is 0 Å². The number of carbonyl (C=O) groups is 1. The highest BCUT2D eigenvalue weighted by atomic mass is 16.5. The van der Waals surface area contributed by atoms with Crippen molar-refractivity contribution >= 4 is 27.5 Å². The Balaban J connectivity index is 2.30. The molecule has 1 atom stereocenters. The van der Waals surface area contributed by atoms with Gasteiger partial charge in [0.25, 0.3) is 0 Å². The molecule has 0 radical (unpaired) electrons. The molecule has 0 aliphatic rings. The summed E-state index contributed by atoms with van der Waals surface area (Å²) in [7, 11) is 0. The Bertz CT molecular complexity index is 739. The van der Waals surface area contributed by atoms with E-state index in [-0.39, 0.29) is 0 Å². The van der Waals surface area contributed by atoms with E-state index in [9.17, 15) is 4.79 Å². The highest BCUT2D eigenvalue weighted by molar-refractivity contribution is 6.06. The van der Waals surface area contributed by atoms with E-state index in [0.717, 1.165) is 21.5 Å². The van der Waals surface area contributed by atoms with E-state index < -0.39 is 12.0 Å². The molecule has 3 aromatic rings. The lowest BCUT2D eigenvalue weighted by atomic mass is 10.0. The molecule has 0 aliphatic carbocycles. The second-order valence-corrected chi connectivity index (χ2v) is 4.86. The van der Waals surface area contributed by atoms with Crippen molar-refractivity contribution in [2.75, 3.05) is 0 Å². The minimum Gasteiger partial charge on any atom is -0.424 e. The fourth-order valence-electron chi connectivity index (χ4n) is 2.28. The summed E-state index contributed by atoms with van der Waals surface area (Å²) in [6.45, 7) is 1.62. The molecule has 0 heterocycles. The molecule has 3 nitrogen and oxygen atoms in total. The zero-order valence-corrected chi connectivity index (χ0v) is 11.2. The maximum atomic E-state index is 11.9. The van der Waals surface area contributed by atoms with Crippen LogP contribution in [0.3, 0.4) is 0 Å². The van der Waals surface area contributed by atoms with Crippen molar-refractivity contribution in [1.29, 1.82) is 0 Å². The maximum Gasteiger partial charge on any atom is 0.328 e. The van der Waals surface area contributed by atoms with Gasteiger partial charge in [-0.05, 0) is 23.8 Å². The smallest absolute Gasteiger partial charge is 0.328 e. The van der Waals surface area contributed by atoms with Crippen molar-refractivity contribution in [3.63, 3.8) is 0 Å². The molecule has 3 aromatic carbocycles. The molecule has 2 N–H and O–H groups in total. The minimum absolute atomic E-state index is 0.425. The highest BCUT2D eigenvalue weighted by Gasteiger charge is 2.15. The zero-order valence-electron chi connectivity index (χ0n) is 11.2. The molecule has 0 saturated carbocycles. The number of ether oxygens (including phenoxy) is 1. The van der Waals surface area contributed by atoms with Gasteiger partial charge in [-0.25, -0.2) is 4.79 Å². The van der Waals surface area contributed by atoms with Gasteiger partial charge in [0.2, 0.25) is 0 Å². The summed E-state index contributed by atoms with van der Waals surface area (Å²) in [6.07, 6.45) is 0. The molecule has 0 fully saturated rings. The molecule has 0 amide bonds. The van der Waals surface area contributed by atoms with Crippen LogP contribution in [-0.4, -0.2) is 12.0 Å². The standard InChI is InChI=1S/C17H15NO2/c1-11(18)17(19)20-16-14-8-4-2-6-12(14)10-13-7-3-5-9-15(13)16/h2-11H,18H2,1H3/t11-/m0/s1. The molecule has 0 unspecified atom stereocenters. The second kappa shape index (κ2) is 4.94. The second-order valence-electron chi connectivity index (χ2n) is 4.86. The lowest BCUT2D eigenvalue weighted by molar-refractivity contribution is -0.135. The summed E-state index contributed by atoms with van der Waals surface area (Å²) < 4.78 is 5.54. The Morgan fingerprint density at radius 1 is 1.00 bits per heavy atom. The van der Waals surface area contributed by atoms with Gasteiger partial charge < -0.3 is 10.5 Å². The van der Waals surface area contributed by atoms with E-state index in [2.05, 4.69) is 6.07 Å². The molecular formula is C17H15NO2. The van der Waals surface area contributed by atoms with Gasteiger partial charge in [0.05, 0.1) is 0 Å². The first-order valence-electron chi connectivity index (χ1n) is 6.54. The predicted molar refractivity (Wildman–Crippen MR) is 80.7 cm³/mol. The van der Waals surface area contributed by atoms with Crippen LogP contribution in [0.2, 0.25) is 0 Å². The fraction of sp³-hybridized carbons (Fsp3) is 0.118. The van der Waals surface area contributed by atoms with Gasteiger partial charge in [-0.2, -0.15) is 0 Å². The van der Waals surface area contributed by atoms with Crippen molar-refractivity contribution in [1.82, 2.24) is 0 Å². The Hall–Kier alpha value is -2.39. The van der Waals surface area contributed by atoms with Crippen molar-refractivity contribution in [3.05, 3.63) is 54.6 Å². The normalized spacial score (nSPS) is 12.5. The zero-order chi connectivity index (χ0) is 14.1. The number of benzene rings is 3. The molecule has 3 rings (SSSR count). The van der Waals surface area contributed by atoms with E-state index in [1.54, 1.807) is 6.92 Å². The molecule has 0 aromatic heterocycles. The first-order valence-corrected chi connectivity index (χ1v) is 6.54. The van der Waals surface area contributed by atoms with Crippen LogP contribution in [0.25, 0.3) is 21.5 Å². The number of nitrogens with two attached hydrogens (primary N) is 1. The average molecular weight is 265 g/mol. The van der Waals surface area contributed by atoms with Gasteiger partial charge in [-0.3, -0.25) is 0 Å². The van der Waals surface area contributed by atoms with Crippen LogP contribution in [0.5, 0.6) is 5.75 Å². The first-order chi connectivity index (χ1) is 9.66. The molecule has 0 spiro atoms. The Labute approximate surface area is 117 Å². The summed E-state index contributed by atoms with van der Waals surface area (Å²) in [5, 5.41) is 3.91. The van der Waals surface area contributed by atoms with Gasteiger partial charge in [0.1, 0.15) is 11.8 Å². The van der Waals surface area contributed by atoms with Crippen LogP contribution >= 0.6 is 0 Å². The monoisotopic (exact) mass is 265 g/mol. The van der Waals surface area contributed by atoms with Crippen molar-refractivity contribution in [2.45, 2.75) is 13.0 Å². The number of carbonyl (C=O) groups excluding carboxylic acids is 1. The lowest BCUT2D eigenvalue weighted by Gasteiger charge is -2.13. The minimum atomic E-state index is -0.646. The fourth-order valence-corrected chi connectivity index (χ4v) is 2.28. The largest absolute Gasteiger partial charge is 0.424 e. The Kier molecular flexibility index (Phi) is 3.12. The van der Waals surface area contributed by atoms with Crippen LogP contribution < -0.4 is 10.5 Å². The Morgan fingerprint density at radius 2 is 1.50 bits per heavy atom. The summed E-state index contributed by atoms with van der Waals surface area (Å²) in [4.78, 5) is 11.9. The third-order valence-corrected chi connectivity index (χ3v) is 3.30. The summed E-state index contributed by atoms with van der Waals surface area (Å²) in [6, 6.07) is 17.2. The average Bonchev–Trinajstić information content (AvgIpc) is 2.46. The molecular weight excluding hydrogens is 250 g/mol. The van der Waals surface area contributed by atoms with Crippen molar-refractivity contribution in [3.8, 4) is 5.75 Å². The van der Waals surface area contributed by atoms with E-state index in [4.69, 9.17) is 10.5 Å². The number of rotatable bonds is 2. The van der Waals surface area contributed by atoms with Gasteiger partial charge in [-0.1, -0.05) is 48.5 Å². The third kappa shape index (κ3) is 2.12. The van der Waals surface area contributed by atoms with E-state index in [1.165, 1.54) is 0 Å². The summed E-state index contributed by atoms with van der Waals surface area (Å²) >= 11 is 0. The topological polar surface area (TPSA) is 52.3 Å². The molecule has 3 heteroatoms. The van der Waals surface area contributed by atoms with Crippen LogP contribution in [0.1, 0.15) is 6.92 Å². The van der Waals surface area contributed by atoms with Gasteiger partial charge in [0, 0.05) is 10.8 Å². The van der Waals surface area contributed by atoms with E-state index in [1.807, 2.05) is 48.5 Å². The molecule has 20 heavy (non-hydrogen) atoms. The number of hydrogen-bond acceptors (Lipinski definition) is 3. The quantitative estimate of drug-likeness (QED) is 0.439. The van der Waals surface area contributed by atoms with Gasteiger partial charge >= 0.3 is 5.97 Å². The summed E-state index contributed by atoms with van der Waals surface area (Å²) in [5.41, 5.74) is 5.60.